The van der Waals surface area contributed by atoms with Gasteiger partial charge in [-0.2, -0.15) is 0 Å². The van der Waals surface area contributed by atoms with E-state index in [1.54, 1.807) is 4.90 Å². The second-order valence-electron chi connectivity index (χ2n) is 8.81. The zero-order valence-electron chi connectivity index (χ0n) is 17.8. The number of hydrogen-bond acceptors (Lipinski definition) is 6. The third kappa shape index (κ3) is 4.56. The van der Waals surface area contributed by atoms with E-state index in [2.05, 4.69) is 26.3 Å². The van der Waals surface area contributed by atoms with Crippen molar-refractivity contribution in [2.75, 3.05) is 49.5 Å². The van der Waals surface area contributed by atoms with Crippen molar-refractivity contribution < 1.29 is 18.0 Å². The number of aromatic amines is 1. The summed E-state index contributed by atoms with van der Waals surface area (Å²) >= 11 is 0. The van der Waals surface area contributed by atoms with Crippen LogP contribution < -0.4 is 5.32 Å². The summed E-state index contributed by atoms with van der Waals surface area (Å²) in [6.45, 7) is 2.25. The maximum Gasteiger partial charge on any atom is 0.236 e. The first kappa shape index (κ1) is 21.1. The van der Waals surface area contributed by atoms with E-state index in [0.29, 0.717) is 18.9 Å². The number of aromatic nitrogens is 2. The largest absolute Gasteiger partial charge is 0.346 e. The SMILES string of the molecule is O=C(Nc1cc(C2=CCN(CC(=O)N3CCS(=O)(=O)CC3)CC2)c2cc[nH]c2n1)C1CC1. The number of carbonyl (C=O) groups is 2. The fourth-order valence-corrected chi connectivity index (χ4v) is 5.49. The van der Waals surface area contributed by atoms with Crippen molar-refractivity contribution in [3.8, 4) is 0 Å². The normalized spacial score (nSPS) is 21.4. The molecule has 0 bridgehead atoms. The summed E-state index contributed by atoms with van der Waals surface area (Å²) in [7, 11) is -3.00. The molecule has 0 atom stereocenters. The van der Waals surface area contributed by atoms with E-state index >= 15 is 0 Å². The summed E-state index contributed by atoms with van der Waals surface area (Å²) in [6.07, 6.45) is 6.64. The molecule has 5 rings (SSSR count). The molecular weight excluding hydrogens is 430 g/mol. The van der Waals surface area contributed by atoms with Crippen LogP contribution in [0.25, 0.3) is 16.6 Å². The molecule has 10 heteroatoms. The van der Waals surface area contributed by atoms with Crippen LogP contribution in [0.4, 0.5) is 5.82 Å². The molecule has 0 unspecified atom stereocenters. The Morgan fingerprint density at radius 2 is 1.97 bits per heavy atom. The molecule has 4 heterocycles. The van der Waals surface area contributed by atoms with Gasteiger partial charge in [0.2, 0.25) is 11.8 Å². The van der Waals surface area contributed by atoms with Crippen LogP contribution >= 0.6 is 0 Å². The van der Waals surface area contributed by atoms with Crippen molar-refractivity contribution in [2.24, 2.45) is 5.92 Å². The summed E-state index contributed by atoms with van der Waals surface area (Å²) in [5.41, 5.74) is 2.97. The predicted octanol–water partition coefficient (Wildman–Crippen LogP) is 1.26. The topological polar surface area (TPSA) is 115 Å². The fourth-order valence-electron chi connectivity index (χ4n) is 4.29. The van der Waals surface area contributed by atoms with Crippen molar-refractivity contribution in [1.29, 1.82) is 0 Å². The zero-order chi connectivity index (χ0) is 22.3. The molecule has 2 amide bonds. The van der Waals surface area contributed by atoms with Gasteiger partial charge >= 0.3 is 0 Å². The molecule has 9 nitrogen and oxygen atoms in total. The Balaban J connectivity index is 1.27. The molecule has 2 aliphatic heterocycles. The van der Waals surface area contributed by atoms with E-state index in [1.165, 1.54) is 5.57 Å². The van der Waals surface area contributed by atoms with Gasteiger partial charge in [-0.1, -0.05) is 6.08 Å². The van der Waals surface area contributed by atoms with E-state index in [1.807, 2.05) is 18.3 Å². The van der Waals surface area contributed by atoms with Crippen molar-refractivity contribution in [3.05, 3.63) is 30.0 Å². The Morgan fingerprint density at radius 1 is 1.19 bits per heavy atom. The first-order valence-electron chi connectivity index (χ1n) is 11.1. The minimum absolute atomic E-state index is 0.0150. The van der Waals surface area contributed by atoms with Crippen LogP contribution in [-0.4, -0.2) is 84.2 Å². The van der Waals surface area contributed by atoms with E-state index in [-0.39, 0.29) is 42.3 Å². The highest BCUT2D eigenvalue weighted by atomic mass is 32.2. The van der Waals surface area contributed by atoms with Gasteiger partial charge in [0.25, 0.3) is 0 Å². The minimum atomic E-state index is -3.00. The number of carbonyl (C=O) groups excluding carboxylic acids is 2. The zero-order valence-corrected chi connectivity index (χ0v) is 18.7. The lowest BCUT2D eigenvalue weighted by Gasteiger charge is -2.31. The average Bonchev–Trinajstić information content (AvgIpc) is 3.52. The summed E-state index contributed by atoms with van der Waals surface area (Å²) in [4.78, 5) is 36.2. The van der Waals surface area contributed by atoms with Gasteiger partial charge in [-0.15, -0.1) is 0 Å². The van der Waals surface area contributed by atoms with Crippen molar-refractivity contribution in [3.63, 3.8) is 0 Å². The van der Waals surface area contributed by atoms with Crippen LogP contribution in [0.15, 0.2) is 24.4 Å². The number of amides is 2. The van der Waals surface area contributed by atoms with Gasteiger partial charge in [0.05, 0.1) is 18.1 Å². The Hall–Kier alpha value is -2.72. The Kier molecular flexibility index (Phi) is 5.50. The number of nitrogens with zero attached hydrogens (tertiary/aromatic N) is 3. The highest BCUT2D eigenvalue weighted by molar-refractivity contribution is 7.91. The van der Waals surface area contributed by atoms with E-state index in [9.17, 15) is 18.0 Å². The summed E-state index contributed by atoms with van der Waals surface area (Å²) in [5, 5.41) is 3.96. The number of nitrogens with one attached hydrogen (secondary N) is 2. The molecule has 0 radical (unpaired) electrons. The molecule has 0 spiro atoms. The van der Waals surface area contributed by atoms with Crippen LogP contribution in [0, 0.1) is 5.92 Å². The molecule has 2 fully saturated rings. The number of sulfone groups is 1. The van der Waals surface area contributed by atoms with Gasteiger partial charge in [-0.25, -0.2) is 13.4 Å². The number of rotatable bonds is 5. The van der Waals surface area contributed by atoms with Crippen molar-refractivity contribution in [1.82, 2.24) is 19.8 Å². The van der Waals surface area contributed by atoms with Crippen LogP contribution in [0.5, 0.6) is 0 Å². The van der Waals surface area contributed by atoms with Gasteiger partial charge in [0.15, 0.2) is 9.84 Å². The molecule has 0 aromatic carbocycles. The quantitative estimate of drug-likeness (QED) is 0.698. The second-order valence-corrected chi connectivity index (χ2v) is 11.1. The molecule has 1 aliphatic carbocycles. The third-order valence-corrected chi connectivity index (χ3v) is 8.03. The van der Waals surface area contributed by atoms with E-state index < -0.39 is 9.84 Å². The molecule has 2 aromatic heterocycles. The van der Waals surface area contributed by atoms with Crippen LogP contribution in [0.1, 0.15) is 24.8 Å². The van der Waals surface area contributed by atoms with Gasteiger partial charge in [-0.3, -0.25) is 14.5 Å². The van der Waals surface area contributed by atoms with Gasteiger partial charge in [-0.05, 0) is 42.5 Å². The molecule has 2 aromatic rings. The maximum atomic E-state index is 12.6. The molecule has 32 heavy (non-hydrogen) atoms. The maximum absolute atomic E-state index is 12.6. The number of pyridine rings is 1. The monoisotopic (exact) mass is 457 g/mol. The molecule has 1 saturated heterocycles. The van der Waals surface area contributed by atoms with Gasteiger partial charge in [0.1, 0.15) is 11.5 Å². The lowest BCUT2D eigenvalue weighted by atomic mass is 9.97. The fraction of sp³-hybridized carbons (Fsp3) is 0.500. The second kappa shape index (κ2) is 8.32. The number of H-pyrrole nitrogens is 1. The summed E-state index contributed by atoms with van der Waals surface area (Å²) in [6, 6.07) is 3.93. The summed E-state index contributed by atoms with van der Waals surface area (Å²) < 4.78 is 23.2. The number of fused-ring (bicyclic) bond motifs is 1. The smallest absolute Gasteiger partial charge is 0.236 e. The van der Waals surface area contributed by atoms with Gasteiger partial charge < -0.3 is 15.2 Å². The Labute approximate surface area is 186 Å². The number of hydrogen-bond donors (Lipinski definition) is 2. The van der Waals surface area contributed by atoms with Crippen LogP contribution in [-0.2, 0) is 19.4 Å². The highest BCUT2D eigenvalue weighted by Crippen LogP contribution is 2.33. The van der Waals surface area contributed by atoms with Gasteiger partial charge in [0, 0.05) is 43.7 Å². The van der Waals surface area contributed by atoms with Crippen molar-refractivity contribution in [2.45, 2.75) is 19.3 Å². The third-order valence-electron chi connectivity index (χ3n) is 6.42. The lowest BCUT2D eigenvalue weighted by molar-refractivity contribution is -0.132. The molecule has 170 valence electrons. The van der Waals surface area contributed by atoms with E-state index in [0.717, 1.165) is 42.4 Å². The first-order chi connectivity index (χ1) is 15.4. The highest BCUT2D eigenvalue weighted by Gasteiger charge is 2.30. The molecular formula is C22H27N5O4S. The Bertz CT molecular complexity index is 1180. The van der Waals surface area contributed by atoms with Crippen LogP contribution in [0.2, 0.25) is 0 Å². The Morgan fingerprint density at radius 3 is 2.66 bits per heavy atom. The van der Waals surface area contributed by atoms with E-state index in [4.69, 9.17) is 0 Å². The minimum Gasteiger partial charge on any atom is -0.346 e. The predicted molar refractivity (Wildman–Crippen MR) is 122 cm³/mol. The number of anilines is 1. The van der Waals surface area contributed by atoms with Crippen LogP contribution in [0.3, 0.4) is 0 Å². The molecule has 1 saturated carbocycles. The average molecular weight is 458 g/mol. The lowest BCUT2D eigenvalue weighted by Crippen LogP contribution is -2.48. The summed E-state index contributed by atoms with van der Waals surface area (Å²) in [5.74, 6) is 0.791. The van der Waals surface area contributed by atoms with Crippen molar-refractivity contribution >= 4 is 44.1 Å². The molecule has 3 aliphatic rings. The standard InChI is InChI=1S/C22H27N5O4S/c28-20(27-9-11-32(30,31)12-10-27)14-26-7-4-15(5-8-26)18-13-19(25-22(29)16-1-2-16)24-21-17(18)3-6-23-21/h3-4,6,13,16H,1-2,5,7-12,14H2,(H2,23,24,25,29). The first-order valence-corrected chi connectivity index (χ1v) is 12.9. The molecule has 2 N–H and O–H groups in total.